The van der Waals surface area contributed by atoms with Gasteiger partial charge in [-0.1, -0.05) is 13.3 Å². The molecule has 3 nitrogen and oxygen atoms in total. The first-order valence-electron chi connectivity index (χ1n) is 7.00. The minimum Gasteiger partial charge on any atom is -0.324 e. The molecule has 20 heavy (non-hydrogen) atoms. The highest BCUT2D eigenvalue weighted by Gasteiger charge is 2.40. The number of halogens is 2. The Labute approximate surface area is 127 Å². The van der Waals surface area contributed by atoms with Crippen LogP contribution in [0.25, 0.3) is 0 Å². The van der Waals surface area contributed by atoms with Crippen LogP contribution in [0.4, 0.5) is 10.1 Å². The summed E-state index contributed by atoms with van der Waals surface area (Å²) in [5, 5.41) is 6.21. The van der Waals surface area contributed by atoms with Crippen LogP contribution >= 0.6 is 15.9 Å². The minimum atomic E-state index is -0.495. The van der Waals surface area contributed by atoms with Crippen LogP contribution in [0.1, 0.15) is 38.2 Å². The number of aryl methyl sites for hydroxylation is 1. The molecular formula is C15H20BrFN2O. The number of hydrogen-bond donors (Lipinski definition) is 2. The third-order valence-electron chi connectivity index (χ3n) is 3.87. The highest BCUT2D eigenvalue weighted by atomic mass is 79.9. The maximum Gasteiger partial charge on any atom is 0.244 e. The lowest BCUT2D eigenvalue weighted by atomic mass is 9.90. The second-order valence-corrected chi connectivity index (χ2v) is 6.25. The number of anilines is 1. The number of carbonyl (C=O) groups excluding carboxylic acids is 1. The third-order valence-corrected chi connectivity index (χ3v) is 4.48. The molecule has 0 saturated carbocycles. The topological polar surface area (TPSA) is 41.1 Å². The summed E-state index contributed by atoms with van der Waals surface area (Å²) < 4.78 is 14.0. The monoisotopic (exact) mass is 342 g/mol. The first-order chi connectivity index (χ1) is 9.48. The standard InChI is InChI=1S/C15H20BrFN2O/c1-3-5-15(6-4-7-18-15)14(20)19-13-9-12(17)11(16)8-10(13)2/h8-9,18H,3-7H2,1-2H3,(H,19,20). The van der Waals surface area contributed by atoms with Gasteiger partial charge >= 0.3 is 0 Å². The van der Waals surface area contributed by atoms with E-state index in [1.165, 1.54) is 6.07 Å². The van der Waals surface area contributed by atoms with E-state index in [0.717, 1.165) is 37.8 Å². The number of rotatable bonds is 4. The van der Waals surface area contributed by atoms with E-state index in [4.69, 9.17) is 0 Å². The van der Waals surface area contributed by atoms with Crippen LogP contribution in [-0.4, -0.2) is 18.0 Å². The summed E-state index contributed by atoms with van der Waals surface area (Å²) in [4.78, 5) is 12.6. The van der Waals surface area contributed by atoms with E-state index in [-0.39, 0.29) is 11.7 Å². The van der Waals surface area contributed by atoms with Crippen LogP contribution < -0.4 is 10.6 Å². The fraction of sp³-hybridized carbons (Fsp3) is 0.533. The zero-order chi connectivity index (χ0) is 14.8. The van der Waals surface area contributed by atoms with E-state index in [1.807, 2.05) is 6.92 Å². The van der Waals surface area contributed by atoms with E-state index in [9.17, 15) is 9.18 Å². The molecule has 1 atom stereocenters. The Hall–Kier alpha value is -0.940. The van der Waals surface area contributed by atoms with Crippen LogP contribution in [0, 0.1) is 12.7 Å². The van der Waals surface area contributed by atoms with Gasteiger partial charge in [-0.25, -0.2) is 4.39 Å². The molecule has 0 radical (unpaired) electrons. The van der Waals surface area contributed by atoms with E-state index in [2.05, 4.69) is 33.5 Å². The molecule has 1 aliphatic rings. The normalized spacial score (nSPS) is 22.0. The molecule has 0 spiro atoms. The number of hydrogen-bond acceptors (Lipinski definition) is 2. The zero-order valence-electron chi connectivity index (χ0n) is 11.9. The fourth-order valence-electron chi connectivity index (χ4n) is 2.78. The van der Waals surface area contributed by atoms with Gasteiger partial charge in [-0.3, -0.25) is 4.79 Å². The molecule has 1 aromatic rings. The smallest absolute Gasteiger partial charge is 0.244 e. The Kier molecular flexibility index (Phi) is 4.81. The number of carbonyl (C=O) groups is 1. The van der Waals surface area contributed by atoms with Gasteiger partial charge in [-0.05, 0) is 66.4 Å². The van der Waals surface area contributed by atoms with Crippen LogP contribution in [0.5, 0.6) is 0 Å². The summed E-state index contributed by atoms with van der Waals surface area (Å²) in [6, 6.07) is 3.05. The third kappa shape index (κ3) is 3.04. The van der Waals surface area contributed by atoms with Crippen molar-refractivity contribution in [2.75, 3.05) is 11.9 Å². The van der Waals surface area contributed by atoms with Crippen molar-refractivity contribution in [1.29, 1.82) is 0 Å². The van der Waals surface area contributed by atoms with E-state index in [0.29, 0.717) is 10.2 Å². The summed E-state index contributed by atoms with van der Waals surface area (Å²) in [5.74, 6) is -0.420. The molecule has 1 amide bonds. The van der Waals surface area contributed by atoms with Gasteiger partial charge in [0.25, 0.3) is 0 Å². The van der Waals surface area contributed by atoms with Crippen LogP contribution in [0.3, 0.4) is 0 Å². The molecule has 1 aliphatic heterocycles. The molecule has 2 rings (SSSR count). The number of nitrogens with one attached hydrogen (secondary N) is 2. The molecule has 0 aliphatic carbocycles. The largest absolute Gasteiger partial charge is 0.324 e. The highest BCUT2D eigenvalue weighted by Crippen LogP contribution is 2.29. The van der Waals surface area contributed by atoms with E-state index < -0.39 is 5.54 Å². The molecule has 110 valence electrons. The fourth-order valence-corrected chi connectivity index (χ4v) is 3.23. The van der Waals surface area contributed by atoms with Crippen molar-refractivity contribution in [2.45, 2.75) is 45.1 Å². The summed E-state index contributed by atoms with van der Waals surface area (Å²) in [6.07, 6.45) is 3.58. The van der Waals surface area contributed by atoms with Crippen molar-refractivity contribution in [3.05, 3.63) is 28.0 Å². The second kappa shape index (κ2) is 6.22. The number of benzene rings is 1. The SMILES string of the molecule is CCCC1(C(=O)Nc2cc(F)c(Br)cc2C)CCCN1. The molecule has 1 unspecified atom stereocenters. The van der Waals surface area contributed by atoms with Crippen LogP contribution in [0.2, 0.25) is 0 Å². The first-order valence-corrected chi connectivity index (χ1v) is 7.80. The van der Waals surface area contributed by atoms with E-state index >= 15 is 0 Å². The van der Waals surface area contributed by atoms with Gasteiger partial charge < -0.3 is 10.6 Å². The molecule has 1 aromatic carbocycles. The first kappa shape index (κ1) is 15.4. The van der Waals surface area contributed by atoms with Crippen LogP contribution in [0.15, 0.2) is 16.6 Å². The average molecular weight is 343 g/mol. The Morgan fingerprint density at radius 3 is 2.90 bits per heavy atom. The maximum atomic E-state index is 13.6. The summed E-state index contributed by atoms with van der Waals surface area (Å²) >= 11 is 3.15. The predicted octanol–water partition coefficient (Wildman–Crippen LogP) is 3.76. The Balaban J connectivity index is 2.20. The molecule has 1 heterocycles. The van der Waals surface area contributed by atoms with Crippen molar-refractivity contribution in [1.82, 2.24) is 5.32 Å². The lowest BCUT2D eigenvalue weighted by molar-refractivity contribution is -0.122. The Morgan fingerprint density at radius 1 is 1.55 bits per heavy atom. The van der Waals surface area contributed by atoms with E-state index in [1.54, 1.807) is 6.07 Å². The predicted molar refractivity (Wildman–Crippen MR) is 82.3 cm³/mol. The highest BCUT2D eigenvalue weighted by molar-refractivity contribution is 9.10. The van der Waals surface area contributed by atoms with Gasteiger partial charge in [0.15, 0.2) is 0 Å². The quantitative estimate of drug-likeness (QED) is 0.874. The average Bonchev–Trinajstić information content (AvgIpc) is 2.86. The van der Waals surface area contributed by atoms with Crippen molar-refractivity contribution in [3.63, 3.8) is 0 Å². The van der Waals surface area contributed by atoms with Crippen molar-refractivity contribution in [2.24, 2.45) is 0 Å². The molecule has 5 heteroatoms. The van der Waals surface area contributed by atoms with Gasteiger partial charge in [0.05, 0.1) is 10.0 Å². The molecule has 1 saturated heterocycles. The molecule has 2 N–H and O–H groups in total. The van der Waals surface area contributed by atoms with Crippen molar-refractivity contribution in [3.8, 4) is 0 Å². The van der Waals surface area contributed by atoms with Crippen molar-refractivity contribution < 1.29 is 9.18 Å². The van der Waals surface area contributed by atoms with Gasteiger partial charge in [-0.2, -0.15) is 0 Å². The molecule has 1 fully saturated rings. The van der Waals surface area contributed by atoms with Crippen molar-refractivity contribution >= 4 is 27.5 Å². The lowest BCUT2D eigenvalue weighted by Crippen LogP contribution is -2.50. The Bertz CT molecular complexity index is 513. The van der Waals surface area contributed by atoms with Gasteiger partial charge in [-0.15, -0.1) is 0 Å². The zero-order valence-corrected chi connectivity index (χ0v) is 13.4. The number of amides is 1. The maximum absolute atomic E-state index is 13.6. The lowest BCUT2D eigenvalue weighted by Gasteiger charge is -2.28. The Morgan fingerprint density at radius 2 is 2.30 bits per heavy atom. The summed E-state index contributed by atoms with van der Waals surface area (Å²) in [6.45, 7) is 4.79. The molecule has 0 bridgehead atoms. The van der Waals surface area contributed by atoms with Crippen LogP contribution in [-0.2, 0) is 4.79 Å². The van der Waals surface area contributed by atoms with Gasteiger partial charge in [0.2, 0.25) is 5.91 Å². The molecule has 0 aromatic heterocycles. The summed E-state index contributed by atoms with van der Waals surface area (Å²) in [5.41, 5.74) is 0.890. The molecular weight excluding hydrogens is 323 g/mol. The van der Waals surface area contributed by atoms with Gasteiger partial charge in [0.1, 0.15) is 5.82 Å². The summed E-state index contributed by atoms with van der Waals surface area (Å²) in [7, 11) is 0. The second-order valence-electron chi connectivity index (χ2n) is 5.40. The van der Waals surface area contributed by atoms with Gasteiger partial charge in [0, 0.05) is 5.69 Å². The minimum absolute atomic E-state index is 0.0540.